The molecule has 1 fully saturated rings. The minimum atomic E-state index is -0.520. The Labute approximate surface area is 227 Å². The minimum absolute atomic E-state index is 0.228. The number of halogens is 2. The summed E-state index contributed by atoms with van der Waals surface area (Å²) in [5.74, 6) is -0.333. The van der Waals surface area contributed by atoms with E-state index < -0.39 is 17.1 Å². The minimum Gasteiger partial charge on any atom is -0.488 e. The Bertz CT molecular complexity index is 1360. The molecule has 1 aliphatic rings. The highest BCUT2D eigenvalue weighted by atomic mass is 79.9. The zero-order valence-corrected chi connectivity index (χ0v) is 22.6. The van der Waals surface area contributed by atoms with E-state index >= 15 is 0 Å². The van der Waals surface area contributed by atoms with Gasteiger partial charge in [0.2, 0.25) is 5.91 Å². The Morgan fingerprint density at radius 1 is 1.08 bits per heavy atom. The van der Waals surface area contributed by atoms with Crippen LogP contribution in [0.1, 0.15) is 36.5 Å². The van der Waals surface area contributed by atoms with E-state index in [0.29, 0.717) is 27.4 Å². The fourth-order valence-electron chi connectivity index (χ4n) is 3.55. The summed E-state index contributed by atoms with van der Waals surface area (Å²) in [4.78, 5) is 38.9. The molecule has 0 saturated carbocycles. The third-order valence-electron chi connectivity index (χ3n) is 5.60. The number of hydrogen-bond donors (Lipinski definition) is 1. The Morgan fingerprint density at radius 3 is 2.43 bits per heavy atom. The van der Waals surface area contributed by atoms with Crippen molar-refractivity contribution < 1.29 is 23.5 Å². The number of nitrogens with zero attached hydrogens (tertiary/aromatic N) is 1. The molecule has 0 spiro atoms. The van der Waals surface area contributed by atoms with Gasteiger partial charge in [0.25, 0.3) is 11.1 Å². The summed E-state index contributed by atoms with van der Waals surface area (Å²) in [5.41, 5.74) is 3.25. The molecule has 0 bridgehead atoms. The maximum atomic E-state index is 13.1. The predicted octanol–water partition coefficient (Wildman–Crippen LogP) is 6.97. The molecular formula is C28H24BrFN2O4S. The van der Waals surface area contributed by atoms with E-state index in [4.69, 9.17) is 4.74 Å². The van der Waals surface area contributed by atoms with Gasteiger partial charge in [0, 0.05) is 5.69 Å². The molecule has 3 aromatic rings. The molecule has 0 aromatic heterocycles. The number of ether oxygens (including phenoxy) is 1. The molecule has 1 saturated heterocycles. The normalized spacial score (nSPS) is 14.5. The molecular weight excluding hydrogens is 559 g/mol. The first-order valence-electron chi connectivity index (χ1n) is 11.5. The van der Waals surface area contributed by atoms with E-state index in [1.165, 1.54) is 12.1 Å². The largest absolute Gasteiger partial charge is 0.488 e. The van der Waals surface area contributed by atoms with E-state index in [-0.39, 0.29) is 23.9 Å². The van der Waals surface area contributed by atoms with Crippen molar-refractivity contribution in [2.24, 2.45) is 0 Å². The fraction of sp³-hybridized carbons (Fsp3) is 0.179. The first-order chi connectivity index (χ1) is 17.7. The van der Waals surface area contributed by atoms with Crippen LogP contribution in [0.15, 0.2) is 76.1 Å². The summed E-state index contributed by atoms with van der Waals surface area (Å²) in [7, 11) is 0. The van der Waals surface area contributed by atoms with Gasteiger partial charge in [-0.25, -0.2) is 4.39 Å². The lowest BCUT2D eigenvalue weighted by molar-refractivity contribution is -0.127. The van der Waals surface area contributed by atoms with Crippen molar-refractivity contribution >= 4 is 56.5 Å². The van der Waals surface area contributed by atoms with Gasteiger partial charge in [-0.1, -0.05) is 44.2 Å². The van der Waals surface area contributed by atoms with E-state index in [2.05, 4.69) is 35.1 Å². The van der Waals surface area contributed by atoms with Crippen molar-refractivity contribution in [3.05, 3.63) is 98.6 Å². The molecule has 0 unspecified atom stereocenters. The van der Waals surface area contributed by atoms with Gasteiger partial charge in [-0.3, -0.25) is 19.3 Å². The Balaban J connectivity index is 1.37. The topological polar surface area (TPSA) is 75.7 Å². The van der Waals surface area contributed by atoms with Crippen LogP contribution in [-0.4, -0.2) is 28.5 Å². The molecule has 0 atom stereocenters. The Kier molecular flexibility index (Phi) is 8.45. The van der Waals surface area contributed by atoms with Gasteiger partial charge in [0.1, 0.15) is 24.7 Å². The smallest absolute Gasteiger partial charge is 0.294 e. The maximum Gasteiger partial charge on any atom is 0.294 e. The SMILES string of the molecule is CC(C)c1ccc(NC(=O)CN2C(=O)S/C(=C\c3ccc(OCc4ccc(F)cc4)c(Br)c3)C2=O)cc1. The number of nitrogens with one attached hydrogen (secondary N) is 1. The number of carbonyl (C=O) groups is 3. The van der Waals surface area contributed by atoms with Gasteiger partial charge in [0.05, 0.1) is 9.38 Å². The Hall–Kier alpha value is -3.43. The summed E-state index contributed by atoms with van der Waals surface area (Å²) < 4.78 is 19.5. The first-order valence-corrected chi connectivity index (χ1v) is 13.1. The summed E-state index contributed by atoms with van der Waals surface area (Å²) >= 11 is 4.25. The van der Waals surface area contributed by atoms with Crippen LogP contribution in [-0.2, 0) is 16.2 Å². The van der Waals surface area contributed by atoms with Crippen LogP contribution in [0.2, 0.25) is 0 Å². The van der Waals surface area contributed by atoms with E-state index in [9.17, 15) is 18.8 Å². The van der Waals surface area contributed by atoms with Crippen molar-refractivity contribution in [2.75, 3.05) is 11.9 Å². The number of amides is 3. The summed E-state index contributed by atoms with van der Waals surface area (Å²) in [6, 6.07) is 18.8. The van der Waals surface area contributed by atoms with Gasteiger partial charge in [-0.2, -0.15) is 0 Å². The van der Waals surface area contributed by atoms with E-state index in [1.54, 1.807) is 48.5 Å². The number of imide groups is 1. The van der Waals surface area contributed by atoms with Crippen LogP contribution in [0, 0.1) is 5.82 Å². The van der Waals surface area contributed by atoms with Gasteiger partial charge < -0.3 is 10.1 Å². The third kappa shape index (κ3) is 6.87. The summed E-state index contributed by atoms with van der Waals surface area (Å²) in [6.07, 6.45) is 1.60. The highest BCUT2D eigenvalue weighted by molar-refractivity contribution is 9.10. The van der Waals surface area contributed by atoms with Crippen LogP contribution in [0.4, 0.5) is 14.9 Å². The van der Waals surface area contributed by atoms with Crippen molar-refractivity contribution in [1.29, 1.82) is 0 Å². The van der Waals surface area contributed by atoms with Gasteiger partial charge in [-0.05, 0) is 92.8 Å². The number of benzene rings is 3. The number of thioether (sulfide) groups is 1. The average Bonchev–Trinajstić information content (AvgIpc) is 3.12. The monoisotopic (exact) mass is 582 g/mol. The molecule has 1 heterocycles. The molecule has 4 rings (SSSR count). The van der Waals surface area contributed by atoms with Crippen LogP contribution in [0.5, 0.6) is 5.75 Å². The lowest BCUT2D eigenvalue weighted by Gasteiger charge is -2.13. The number of carbonyl (C=O) groups excluding carboxylic acids is 3. The maximum absolute atomic E-state index is 13.1. The molecule has 3 amide bonds. The van der Waals surface area contributed by atoms with Crippen LogP contribution >= 0.6 is 27.7 Å². The highest BCUT2D eigenvalue weighted by Crippen LogP contribution is 2.34. The van der Waals surface area contributed by atoms with Crippen molar-refractivity contribution in [2.45, 2.75) is 26.4 Å². The van der Waals surface area contributed by atoms with E-state index in [1.807, 2.05) is 12.1 Å². The second kappa shape index (κ2) is 11.7. The molecule has 1 aliphatic heterocycles. The van der Waals surface area contributed by atoms with Gasteiger partial charge in [0.15, 0.2) is 0 Å². The molecule has 190 valence electrons. The number of hydrogen-bond acceptors (Lipinski definition) is 5. The molecule has 3 aromatic carbocycles. The van der Waals surface area contributed by atoms with Crippen molar-refractivity contribution in [1.82, 2.24) is 4.90 Å². The lowest BCUT2D eigenvalue weighted by atomic mass is 10.0. The molecule has 0 radical (unpaired) electrons. The zero-order valence-electron chi connectivity index (χ0n) is 20.2. The standard InChI is InChI=1S/C28H24BrFN2O4S/c1-17(2)20-6-10-22(11-7-20)31-26(33)15-32-27(34)25(37-28(32)35)14-19-5-12-24(23(29)13-19)36-16-18-3-8-21(30)9-4-18/h3-14,17H,15-16H2,1-2H3,(H,31,33)/b25-14-. The quantitative estimate of drug-likeness (QED) is 0.290. The lowest BCUT2D eigenvalue weighted by Crippen LogP contribution is -2.36. The van der Waals surface area contributed by atoms with Crippen LogP contribution < -0.4 is 10.1 Å². The second-order valence-corrected chi connectivity index (χ2v) is 10.5. The summed E-state index contributed by atoms with van der Waals surface area (Å²) in [5, 5.41) is 2.23. The fourth-order valence-corrected chi connectivity index (χ4v) is 4.90. The number of anilines is 1. The Morgan fingerprint density at radius 2 is 1.78 bits per heavy atom. The van der Waals surface area contributed by atoms with Gasteiger partial charge in [-0.15, -0.1) is 0 Å². The van der Waals surface area contributed by atoms with Crippen LogP contribution in [0.3, 0.4) is 0 Å². The molecule has 37 heavy (non-hydrogen) atoms. The molecule has 6 nitrogen and oxygen atoms in total. The van der Waals surface area contributed by atoms with Crippen molar-refractivity contribution in [3.63, 3.8) is 0 Å². The van der Waals surface area contributed by atoms with Crippen LogP contribution in [0.25, 0.3) is 6.08 Å². The second-order valence-electron chi connectivity index (χ2n) is 8.70. The van der Waals surface area contributed by atoms with Crippen molar-refractivity contribution in [3.8, 4) is 5.75 Å². The highest BCUT2D eigenvalue weighted by Gasteiger charge is 2.36. The summed E-state index contributed by atoms with van der Waals surface area (Å²) in [6.45, 7) is 4.06. The molecule has 0 aliphatic carbocycles. The van der Waals surface area contributed by atoms with E-state index in [0.717, 1.165) is 27.8 Å². The van der Waals surface area contributed by atoms with Gasteiger partial charge >= 0.3 is 0 Å². The zero-order chi connectivity index (χ0) is 26.5. The third-order valence-corrected chi connectivity index (χ3v) is 7.12. The number of rotatable bonds is 8. The first kappa shape index (κ1) is 26.6. The predicted molar refractivity (Wildman–Crippen MR) is 147 cm³/mol. The molecule has 1 N–H and O–H groups in total. The average molecular weight is 583 g/mol. The molecule has 9 heteroatoms.